The van der Waals surface area contributed by atoms with Crippen LogP contribution in [0.2, 0.25) is 5.02 Å². The van der Waals surface area contributed by atoms with Gasteiger partial charge in [-0.1, -0.05) is 35.9 Å². The van der Waals surface area contributed by atoms with Gasteiger partial charge >= 0.3 is 0 Å². The minimum atomic E-state index is -3.95. The second kappa shape index (κ2) is 8.93. The van der Waals surface area contributed by atoms with E-state index in [0.29, 0.717) is 23.8 Å². The molecule has 0 bridgehead atoms. The third kappa shape index (κ3) is 4.50. The average Bonchev–Trinajstić information content (AvgIpc) is 3.19. The number of rotatable bonds is 5. The highest BCUT2D eigenvalue weighted by atomic mass is 35.5. The van der Waals surface area contributed by atoms with Crippen molar-refractivity contribution < 1.29 is 13.2 Å². The lowest BCUT2D eigenvalue weighted by molar-refractivity contribution is 0.102. The molecule has 3 aromatic rings. The molecule has 1 aromatic heterocycles. The number of benzene rings is 2. The third-order valence-electron chi connectivity index (χ3n) is 5.41. The highest BCUT2D eigenvalue weighted by molar-refractivity contribution is 7.89. The maximum atomic E-state index is 13.4. The molecule has 0 radical (unpaired) electrons. The molecular formula is C22H24ClN5O3S. The van der Waals surface area contributed by atoms with Crippen molar-refractivity contribution in [2.45, 2.75) is 11.9 Å². The smallest absolute Gasteiger partial charge is 0.263 e. The van der Waals surface area contributed by atoms with Gasteiger partial charge in [0.25, 0.3) is 15.9 Å². The van der Waals surface area contributed by atoms with Crippen LogP contribution in [-0.4, -0.2) is 54.6 Å². The van der Waals surface area contributed by atoms with Gasteiger partial charge in [-0.05, 0) is 36.8 Å². The Morgan fingerprint density at radius 2 is 1.75 bits per heavy atom. The predicted octanol–water partition coefficient (Wildman–Crippen LogP) is 3.15. The zero-order chi connectivity index (χ0) is 22.9. The Kier molecular flexibility index (Phi) is 6.23. The number of halogens is 1. The van der Waals surface area contributed by atoms with Crippen LogP contribution < -0.4 is 10.2 Å². The summed E-state index contributed by atoms with van der Waals surface area (Å²) < 4.78 is 29.5. The first-order valence-electron chi connectivity index (χ1n) is 10.2. The van der Waals surface area contributed by atoms with Crippen LogP contribution in [0.5, 0.6) is 0 Å². The number of nitrogens with zero attached hydrogens (tertiary/aromatic N) is 4. The molecule has 1 fully saturated rings. The maximum Gasteiger partial charge on any atom is 0.263 e. The molecule has 2 aromatic carbocycles. The Balaban J connectivity index is 1.53. The first-order valence-corrected chi connectivity index (χ1v) is 12.0. The Morgan fingerprint density at radius 1 is 1.06 bits per heavy atom. The largest absolute Gasteiger partial charge is 0.369 e. The van der Waals surface area contributed by atoms with Crippen LogP contribution in [0.25, 0.3) is 0 Å². The van der Waals surface area contributed by atoms with Crippen molar-refractivity contribution in [1.82, 2.24) is 14.1 Å². The van der Waals surface area contributed by atoms with Crippen molar-refractivity contribution in [1.29, 1.82) is 0 Å². The van der Waals surface area contributed by atoms with E-state index in [1.807, 2.05) is 31.2 Å². The number of aryl methyl sites for hydroxylation is 2. The Hall–Kier alpha value is -2.88. The van der Waals surface area contributed by atoms with E-state index in [1.165, 1.54) is 15.2 Å². The summed E-state index contributed by atoms with van der Waals surface area (Å²) >= 11 is 6.14. The molecule has 1 amide bonds. The van der Waals surface area contributed by atoms with Gasteiger partial charge in [-0.3, -0.25) is 9.48 Å². The summed E-state index contributed by atoms with van der Waals surface area (Å²) in [5.41, 5.74) is 2.67. The number of aromatic nitrogens is 2. The summed E-state index contributed by atoms with van der Waals surface area (Å²) in [5.74, 6) is -0.518. The van der Waals surface area contributed by atoms with Gasteiger partial charge < -0.3 is 10.2 Å². The topological polar surface area (TPSA) is 87.5 Å². The molecule has 4 rings (SSSR count). The summed E-state index contributed by atoms with van der Waals surface area (Å²) in [5, 5.41) is 7.26. The lowest BCUT2D eigenvalue weighted by Crippen LogP contribution is -2.49. The van der Waals surface area contributed by atoms with Crippen molar-refractivity contribution in [3.05, 3.63) is 70.9 Å². The number of hydrogen-bond acceptors (Lipinski definition) is 5. The molecule has 0 atom stereocenters. The zero-order valence-electron chi connectivity index (χ0n) is 17.8. The van der Waals surface area contributed by atoms with Gasteiger partial charge in [-0.2, -0.15) is 9.40 Å². The zero-order valence-corrected chi connectivity index (χ0v) is 19.4. The van der Waals surface area contributed by atoms with Crippen molar-refractivity contribution >= 4 is 38.9 Å². The van der Waals surface area contributed by atoms with Gasteiger partial charge in [-0.15, -0.1) is 0 Å². The molecular weight excluding hydrogens is 450 g/mol. The Labute approximate surface area is 192 Å². The van der Waals surface area contributed by atoms with Crippen LogP contribution >= 0.6 is 11.6 Å². The predicted molar refractivity (Wildman–Crippen MR) is 125 cm³/mol. The Morgan fingerprint density at radius 3 is 2.44 bits per heavy atom. The summed E-state index contributed by atoms with van der Waals surface area (Å²) in [6, 6.07) is 14.6. The van der Waals surface area contributed by atoms with Crippen molar-refractivity contribution in [3.63, 3.8) is 0 Å². The average molecular weight is 474 g/mol. The molecule has 1 saturated heterocycles. The number of amides is 1. The van der Waals surface area contributed by atoms with E-state index in [-0.39, 0.29) is 23.7 Å². The van der Waals surface area contributed by atoms with Crippen molar-refractivity contribution in [2.75, 3.05) is 36.4 Å². The lowest BCUT2D eigenvalue weighted by atomic mass is 10.1. The van der Waals surface area contributed by atoms with E-state index in [9.17, 15) is 13.2 Å². The van der Waals surface area contributed by atoms with Crippen LogP contribution in [0.4, 0.5) is 11.4 Å². The molecule has 0 spiro atoms. The second-order valence-electron chi connectivity index (χ2n) is 7.66. The first-order chi connectivity index (χ1) is 15.3. The van der Waals surface area contributed by atoms with Crippen molar-refractivity contribution in [2.24, 2.45) is 7.05 Å². The van der Waals surface area contributed by atoms with Crippen LogP contribution in [0, 0.1) is 6.92 Å². The van der Waals surface area contributed by atoms with E-state index in [2.05, 4.69) is 15.3 Å². The van der Waals surface area contributed by atoms with Gasteiger partial charge in [0, 0.05) is 55.8 Å². The molecule has 168 valence electrons. The number of carbonyl (C=O) groups is 1. The van der Waals surface area contributed by atoms with E-state index in [1.54, 1.807) is 31.3 Å². The summed E-state index contributed by atoms with van der Waals surface area (Å²) in [7, 11) is -2.35. The van der Waals surface area contributed by atoms with Gasteiger partial charge in [-0.25, -0.2) is 8.42 Å². The highest BCUT2D eigenvalue weighted by Crippen LogP contribution is 2.27. The first kappa shape index (κ1) is 22.3. The maximum absolute atomic E-state index is 13.4. The second-order valence-corrected chi connectivity index (χ2v) is 9.95. The molecule has 0 saturated carbocycles. The number of piperazine rings is 1. The summed E-state index contributed by atoms with van der Waals surface area (Å²) in [6.45, 7) is 3.59. The standard InChI is InChI=1S/C22H24ClN5O3S/c1-16-8-9-17(23)14-20(16)27-10-12-28(13-11-27)32(30,31)22-19(15-26(2)25-22)21(29)24-18-6-4-3-5-7-18/h3-9,14-15H,10-13H2,1-2H3,(H,24,29). The molecule has 0 unspecified atom stereocenters. The monoisotopic (exact) mass is 473 g/mol. The lowest BCUT2D eigenvalue weighted by Gasteiger charge is -2.35. The SMILES string of the molecule is Cc1ccc(Cl)cc1N1CCN(S(=O)(=O)c2nn(C)cc2C(=O)Nc2ccccc2)CC1. The fourth-order valence-corrected chi connectivity index (χ4v) is 5.46. The molecule has 1 aliphatic rings. The normalized spacial score (nSPS) is 15.0. The van der Waals surface area contributed by atoms with Crippen molar-refractivity contribution in [3.8, 4) is 0 Å². The summed E-state index contributed by atoms with van der Waals surface area (Å²) in [4.78, 5) is 14.9. The van der Waals surface area contributed by atoms with Crippen LogP contribution in [-0.2, 0) is 17.1 Å². The molecule has 1 N–H and O–H groups in total. The highest BCUT2D eigenvalue weighted by Gasteiger charge is 2.34. The van der Waals surface area contributed by atoms with E-state index >= 15 is 0 Å². The number of hydrogen-bond donors (Lipinski definition) is 1. The molecule has 32 heavy (non-hydrogen) atoms. The molecule has 10 heteroatoms. The molecule has 2 heterocycles. The number of anilines is 2. The number of carbonyl (C=O) groups excluding carboxylic acids is 1. The van der Waals surface area contributed by atoms with E-state index in [4.69, 9.17) is 11.6 Å². The number of para-hydroxylation sites is 1. The van der Waals surface area contributed by atoms with Crippen LogP contribution in [0.1, 0.15) is 15.9 Å². The van der Waals surface area contributed by atoms with E-state index < -0.39 is 15.9 Å². The van der Waals surface area contributed by atoms with Gasteiger partial charge in [0.1, 0.15) is 0 Å². The number of sulfonamides is 1. The number of nitrogens with one attached hydrogen (secondary N) is 1. The fraction of sp³-hybridized carbons (Fsp3) is 0.273. The fourth-order valence-electron chi connectivity index (χ4n) is 3.75. The minimum absolute atomic E-state index is 0.0180. The third-order valence-corrected chi connectivity index (χ3v) is 7.48. The van der Waals surface area contributed by atoms with Crippen LogP contribution in [0.3, 0.4) is 0 Å². The Bertz CT molecular complexity index is 1240. The van der Waals surface area contributed by atoms with E-state index in [0.717, 1.165) is 11.3 Å². The van der Waals surface area contributed by atoms with Crippen LogP contribution in [0.15, 0.2) is 59.8 Å². The minimum Gasteiger partial charge on any atom is -0.369 e. The van der Waals surface area contributed by atoms with Gasteiger partial charge in [0.15, 0.2) is 0 Å². The molecule has 0 aliphatic carbocycles. The molecule has 8 nitrogen and oxygen atoms in total. The quantitative estimate of drug-likeness (QED) is 0.615. The van der Waals surface area contributed by atoms with Gasteiger partial charge in [0.05, 0.1) is 5.56 Å². The van der Waals surface area contributed by atoms with Gasteiger partial charge in [0.2, 0.25) is 5.03 Å². The molecule has 1 aliphatic heterocycles. The summed E-state index contributed by atoms with van der Waals surface area (Å²) in [6.07, 6.45) is 1.43.